The Bertz CT molecular complexity index is 739. The van der Waals surface area contributed by atoms with Crippen LogP contribution in [0, 0.1) is 46.3 Å². The predicted octanol–water partition coefficient (Wildman–Crippen LogP) is 5.93. The summed E-state index contributed by atoms with van der Waals surface area (Å²) in [6.45, 7) is 13.4. The summed E-state index contributed by atoms with van der Waals surface area (Å²) in [6, 6.07) is 0. The van der Waals surface area contributed by atoms with Crippen LogP contribution in [0.4, 0.5) is 0 Å². The number of Topliss-reactive ketones (excluding diaryl/α,β-unsaturated/α-hetero) is 1. The Morgan fingerprint density at radius 1 is 0.903 bits per heavy atom. The lowest BCUT2D eigenvalue weighted by molar-refractivity contribution is -0.127. The molecule has 3 fully saturated rings. The number of carbonyl (C=O) groups is 1. The van der Waals surface area contributed by atoms with Gasteiger partial charge in [0.2, 0.25) is 0 Å². The first-order chi connectivity index (χ1) is 14.5. The molecule has 176 valence electrons. The van der Waals surface area contributed by atoms with E-state index in [0.717, 1.165) is 25.7 Å². The molecule has 0 aromatic rings. The van der Waals surface area contributed by atoms with Gasteiger partial charge in [-0.05, 0) is 91.3 Å². The first kappa shape index (κ1) is 23.5. The van der Waals surface area contributed by atoms with Crippen molar-refractivity contribution in [2.24, 2.45) is 46.3 Å². The van der Waals surface area contributed by atoms with Crippen molar-refractivity contribution in [3.63, 3.8) is 0 Å². The van der Waals surface area contributed by atoms with Gasteiger partial charge in [0.1, 0.15) is 5.78 Å². The molecule has 0 heterocycles. The number of rotatable bonds is 5. The normalized spacial score (nSPS) is 42.0. The Balaban J connectivity index is 1.58. The molecular formula is C28H46O3. The van der Waals surface area contributed by atoms with E-state index in [-0.39, 0.29) is 17.3 Å². The van der Waals surface area contributed by atoms with Crippen molar-refractivity contribution in [2.45, 2.75) is 112 Å². The Morgan fingerprint density at radius 3 is 2.29 bits per heavy atom. The van der Waals surface area contributed by atoms with E-state index in [1.165, 1.54) is 32.1 Å². The monoisotopic (exact) mass is 430 g/mol. The minimum Gasteiger partial charge on any atom is -0.390 e. The second-order valence-corrected chi connectivity index (χ2v) is 12.6. The fourth-order valence-electron chi connectivity index (χ4n) is 8.41. The molecule has 1 unspecified atom stereocenters. The Morgan fingerprint density at radius 2 is 1.61 bits per heavy atom. The Hall–Kier alpha value is -0.670. The third-order valence-corrected chi connectivity index (χ3v) is 11.0. The zero-order valence-corrected chi connectivity index (χ0v) is 20.8. The molecule has 0 bridgehead atoms. The van der Waals surface area contributed by atoms with Crippen LogP contribution in [-0.4, -0.2) is 28.2 Å². The van der Waals surface area contributed by atoms with E-state index in [4.69, 9.17) is 0 Å². The van der Waals surface area contributed by atoms with Crippen LogP contribution in [0.3, 0.4) is 0 Å². The summed E-state index contributed by atoms with van der Waals surface area (Å²) in [6.07, 6.45) is 8.46. The van der Waals surface area contributed by atoms with Gasteiger partial charge in [-0.3, -0.25) is 4.79 Å². The molecule has 4 aliphatic carbocycles. The number of ketones is 1. The van der Waals surface area contributed by atoms with Crippen molar-refractivity contribution in [2.75, 3.05) is 0 Å². The summed E-state index contributed by atoms with van der Waals surface area (Å²) in [4.78, 5) is 12.1. The van der Waals surface area contributed by atoms with E-state index in [0.29, 0.717) is 34.9 Å². The van der Waals surface area contributed by atoms with Crippen molar-refractivity contribution < 1.29 is 15.0 Å². The van der Waals surface area contributed by atoms with Gasteiger partial charge < -0.3 is 10.2 Å². The van der Waals surface area contributed by atoms with Gasteiger partial charge in [0.05, 0.1) is 12.2 Å². The van der Waals surface area contributed by atoms with E-state index in [9.17, 15) is 15.0 Å². The predicted molar refractivity (Wildman–Crippen MR) is 125 cm³/mol. The van der Waals surface area contributed by atoms with Crippen molar-refractivity contribution in [1.82, 2.24) is 0 Å². The van der Waals surface area contributed by atoms with Crippen LogP contribution in [0.1, 0.15) is 99.3 Å². The number of carbonyl (C=O) groups excluding carboxylic acids is 1. The van der Waals surface area contributed by atoms with E-state index in [1.54, 1.807) is 11.1 Å². The summed E-state index contributed by atoms with van der Waals surface area (Å²) in [7, 11) is 0. The molecule has 9 atom stereocenters. The number of hydrogen-bond acceptors (Lipinski definition) is 3. The lowest BCUT2D eigenvalue weighted by Crippen LogP contribution is -2.48. The first-order valence-corrected chi connectivity index (χ1v) is 13.1. The fourth-order valence-corrected chi connectivity index (χ4v) is 8.41. The molecule has 3 saturated carbocycles. The zero-order valence-electron chi connectivity index (χ0n) is 20.8. The van der Waals surface area contributed by atoms with Crippen LogP contribution in [0.2, 0.25) is 0 Å². The highest BCUT2D eigenvalue weighted by Gasteiger charge is 2.56. The van der Waals surface area contributed by atoms with E-state index >= 15 is 0 Å². The van der Waals surface area contributed by atoms with Crippen LogP contribution < -0.4 is 0 Å². The lowest BCUT2D eigenvalue weighted by Gasteiger charge is -2.56. The molecule has 0 saturated heterocycles. The zero-order chi connectivity index (χ0) is 22.7. The minimum atomic E-state index is -0.654. The first-order valence-electron chi connectivity index (χ1n) is 13.1. The molecule has 3 nitrogen and oxygen atoms in total. The van der Waals surface area contributed by atoms with E-state index in [1.807, 2.05) is 0 Å². The Labute approximate surface area is 190 Å². The van der Waals surface area contributed by atoms with Gasteiger partial charge in [-0.15, -0.1) is 0 Å². The second-order valence-electron chi connectivity index (χ2n) is 12.6. The lowest BCUT2D eigenvalue weighted by atomic mass is 9.49. The van der Waals surface area contributed by atoms with E-state index < -0.39 is 12.2 Å². The van der Waals surface area contributed by atoms with Gasteiger partial charge in [-0.1, -0.05) is 52.7 Å². The maximum Gasteiger partial charge on any atom is 0.133 e. The third kappa shape index (κ3) is 3.66. The molecule has 3 heteroatoms. The Kier molecular flexibility index (Phi) is 6.27. The molecule has 4 aliphatic rings. The van der Waals surface area contributed by atoms with Crippen molar-refractivity contribution in [1.29, 1.82) is 0 Å². The maximum absolute atomic E-state index is 12.1. The van der Waals surface area contributed by atoms with Gasteiger partial charge in [-0.25, -0.2) is 0 Å². The van der Waals surface area contributed by atoms with Crippen LogP contribution in [0.5, 0.6) is 0 Å². The largest absolute Gasteiger partial charge is 0.390 e. The van der Waals surface area contributed by atoms with E-state index in [2.05, 4.69) is 41.5 Å². The molecule has 0 spiro atoms. The number of aliphatic hydroxyl groups is 2. The standard InChI is InChI=1S/C28H46O3/c1-16(2)17(3)25(30)26(31)18(4)22-9-10-23-21-8-7-19-15-20(29)11-13-27(19,5)24(21)12-14-28(22,23)6/h16-19,22,24-26,30-31H,7-15H2,1-6H3/t17-,18+,19?,22-,24+,25+,26+,27+,28-/m1/s1. The number of hydrogen-bond donors (Lipinski definition) is 2. The fraction of sp³-hybridized carbons (Fsp3) is 0.893. The maximum atomic E-state index is 12.1. The average Bonchev–Trinajstić information content (AvgIpc) is 3.09. The van der Waals surface area contributed by atoms with Gasteiger partial charge >= 0.3 is 0 Å². The van der Waals surface area contributed by atoms with Gasteiger partial charge in [0.25, 0.3) is 0 Å². The summed E-state index contributed by atoms with van der Waals surface area (Å²) in [5.41, 5.74) is 3.92. The quantitative estimate of drug-likeness (QED) is 0.532. The van der Waals surface area contributed by atoms with Gasteiger partial charge in [-0.2, -0.15) is 0 Å². The van der Waals surface area contributed by atoms with Crippen LogP contribution >= 0.6 is 0 Å². The van der Waals surface area contributed by atoms with Crippen LogP contribution in [0.25, 0.3) is 0 Å². The molecule has 0 aromatic carbocycles. The SMILES string of the molecule is CC(C)[C@@H](C)[C@H](O)[C@@H](O)[C@@H](C)[C@H]1CCC2=C3CCC4CC(=O)CC[C@]4(C)[C@H]3CC[C@@]21C. The second kappa shape index (κ2) is 8.28. The van der Waals surface area contributed by atoms with Crippen molar-refractivity contribution in [3.8, 4) is 0 Å². The third-order valence-electron chi connectivity index (χ3n) is 11.0. The highest BCUT2D eigenvalue weighted by atomic mass is 16.3. The average molecular weight is 431 g/mol. The molecular weight excluding hydrogens is 384 g/mol. The number of allylic oxidation sites excluding steroid dienone is 2. The highest BCUT2D eigenvalue weighted by Crippen LogP contribution is 2.65. The molecule has 2 N–H and O–H groups in total. The summed E-state index contributed by atoms with van der Waals surface area (Å²) >= 11 is 0. The smallest absolute Gasteiger partial charge is 0.133 e. The molecule has 0 radical (unpaired) electrons. The highest BCUT2D eigenvalue weighted by molar-refractivity contribution is 5.79. The molecule has 31 heavy (non-hydrogen) atoms. The molecule has 4 rings (SSSR count). The van der Waals surface area contributed by atoms with Crippen LogP contribution in [0.15, 0.2) is 11.1 Å². The topological polar surface area (TPSA) is 57.5 Å². The van der Waals surface area contributed by atoms with Crippen molar-refractivity contribution in [3.05, 3.63) is 11.1 Å². The molecule has 0 aromatic heterocycles. The van der Waals surface area contributed by atoms with Crippen molar-refractivity contribution >= 4 is 5.78 Å². The number of fused-ring (bicyclic) bond motifs is 4. The minimum absolute atomic E-state index is 0.101. The molecule has 0 aliphatic heterocycles. The van der Waals surface area contributed by atoms with Gasteiger partial charge in [0.15, 0.2) is 0 Å². The summed E-state index contributed by atoms with van der Waals surface area (Å²) in [5, 5.41) is 22.0. The summed E-state index contributed by atoms with van der Waals surface area (Å²) in [5.74, 6) is 2.74. The molecule has 0 amide bonds. The van der Waals surface area contributed by atoms with Crippen LogP contribution in [-0.2, 0) is 4.79 Å². The van der Waals surface area contributed by atoms with Gasteiger partial charge in [0, 0.05) is 12.8 Å². The number of aliphatic hydroxyl groups excluding tert-OH is 2. The summed E-state index contributed by atoms with van der Waals surface area (Å²) < 4.78 is 0.